The normalized spacial score (nSPS) is 12.5. The van der Waals surface area contributed by atoms with Gasteiger partial charge in [0.05, 0.1) is 0 Å². The van der Waals surface area contributed by atoms with Gasteiger partial charge in [-0.3, -0.25) is 9.78 Å². The summed E-state index contributed by atoms with van der Waals surface area (Å²) in [4.78, 5) is 15.2. The topological polar surface area (TPSA) is 68.0 Å². The fourth-order valence-corrected chi connectivity index (χ4v) is 1.37. The van der Waals surface area contributed by atoms with E-state index >= 15 is 0 Å². The fourth-order valence-electron chi connectivity index (χ4n) is 1.37. The van der Waals surface area contributed by atoms with Gasteiger partial charge >= 0.3 is 0 Å². The third-order valence-electron chi connectivity index (χ3n) is 2.30. The molecule has 1 aromatic heterocycles. The van der Waals surface area contributed by atoms with E-state index in [-0.39, 0.29) is 17.9 Å². The van der Waals surface area contributed by atoms with Crippen LogP contribution in [0.2, 0.25) is 0 Å². The first-order valence-electron chi connectivity index (χ1n) is 4.99. The highest BCUT2D eigenvalue weighted by molar-refractivity contribution is 5.83. The van der Waals surface area contributed by atoms with Crippen LogP contribution in [-0.4, -0.2) is 16.9 Å². The molecule has 3 N–H and O–H groups in total. The number of primary amides is 1. The van der Waals surface area contributed by atoms with Gasteiger partial charge in [-0.15, -0.1) is 0 Å². The lowest BCUT2D eigenvalue weighted by molar-refractivity contribution is -0.119. The summed E-state index contributed by atoms with van der Waals surface area (Å²) in [6.45, 7) is 5.85. The largest absolute Gasteiger partial charge is 0.373 e. The fraction of sp³-hybridized carbons (Fsp3) is 0.455. The molecule has 1 amide bonds. The minimum Gasteiger partial charge on any atom is -0.373 e. The Hall–Kier alpha value is -1.58. The molecule has 0 saturated heterocycles. The van der Waals surface area contributed by atoms with E-state index in [1.54, 1.807) is 12.4 Å². The molecule has 0 aliphatic heterocycles. The molecule has 0 aromatic carbocycles. The number of carbonyl (C=O) groups excluding carboxylic acids is 1. The van der Waals surface area contributed by atoms with Gasteiger partial charge in [0.1, 0.15) is 6.04 Å². The Balaban J connectivity index is 2.84. The first-order valence-corrected chi connectivity index (χ1v) is 4.99. The number of rotatable bonds is 4. The van der Waals surface area contributed by atoms with E-state index in [9.17, 15) is 4.79 Å². The molecule has 0 spiro atoms. The van der Waals surface area contributed by atoms with Crippen LogP contribution in [0.5, 0.6) is 0 Å². The van der Waals surface area contributed by atoms with Crippen LogP contribution in [0.15, 0.2) is 18.5 Å². The Morgan fingerprint density at radius 3 is 2.67 bits per heavy atom. The van der Waals surface area contributed by atoms with Crippen molar-refractivity contribution in [2.24, 2.45) is 11.7 Å². The van der Waals surface area contributed by atoms with Crippen molar-refractivity contribution in [3.8, 4) is 0 Å². The van der Waals surface area contributed by atoms with Crippen LogP contribution in [0.25, 0.3) is 0 Å². The average molecular weight is 207 g/mol. The van der Waals surface area contributed by atoms with Crippen molar-refractivity contribution in [3.05, 3.63) is 24.0 Å². The van der Waals surface area contributed by atoms with Crippen molar-refractivity contribution in [2.75, 3.05) is 5.32 Å². The third-order valence-corrected chi connectivity index (χ3v) is 2.30. The Bertz CT molecular complexity index is 349. The molecule has 4 nitrogen and oxygen atoms in total. The van der Waals surface area contributed by atoms with E-state index in [1.165, 1.54) is 0 Å². The number of amides is 1. The first-order chi connectivity index (χ1) is 7.02. The van der Waals surface area contributed by atoms with Crippen molar-refractivity contribution in [1.29, 1.82) is 0 Å². The van der Waals surface area contributed by atoms with E-state index in [4.69, 9.17) is 5.73 Å². The van der Waals surface area contributed by atoms with Gasteiger partial charge in [0, 0.05) is 18.1 Å². The summed E-state index contributed by atoms with van der Waals surface area (Å²) in [6, 6.07) is 1.50. The minimum atomic E-state index is -0.342. The predicted octanol–water partition coefficient (Wildman–Crippen LogP) is 1.31. The smallest absolute Gasteiger partial charge is 0.240 e. The van der Waals surface area contributed by atoms with Crippen LogP contribution in [0.1, 0.15) is 19.4 Å². The molecule has 0 fully saturated rings. The molecule has 0 radical (unpaired) electrons. The van der Waals surface area contributed by atoms with Crippen LogP contribution < -0.4 is 11.1 Å². The van der Waals surface area contributed by atoms with Crippen LogP contribution in [0.3, 0.4) is 0 Å². The highest BCUT2D eigenvalue weighted by atomic mass is 16.1. The number of anilines is 1. The summed E-state index contributed by atoms with van der Waals surface area (Å²) in [6.07, 6.45) is 3.44. The average Bonchev–Trinajstić information content (AvgIpc) is 2.15. The SMILES string of the molecule is Cc1cnccc1NC(C(N)=O)C(C)C. The van der Waals surface area contributed by atoms with Crippen molar-refractivity contribution < 1.29 is 4.79 Å². The second kappa shape index (κ2) is 4.77. The van der Waals surface area contributed by atoms with Gasteiger partial charge in [0.25, 0.3) is 0 Å². The van der Waals surface area contributed by atoms with Crippen molar-refractivity contribution >= 4 is 11.6 Å². The molecule has 1 rings (SSSR count). The standard InChI is InChI=1S/C11H17N3O/c1-7(2)10(11(12)15)14-9-4-5-13-6-8(9)3/h4-7,10H,1-3H3,(H2,12,15)(H,13,14). The summed E-state index contributed by atoms with van der Waals surface area (Å²) in [5.74, 6) is -0.170. The van der Waals surface area contributed by atoms with Crippen LogP contribution in [0.4, 0.5) is 5.69 Å². The molecule has 0 aliphatic carbocycles. The second-order valence-corrected chi connectivity index (χ2v) is 3.96. The number of pyridine rings is 1. The number of hydrogen-bond donors (Lipinski definition) is 2. The molecule has 1 atom stereocenters. The van der Waals surface area contributed by atoms with E-state index in [2.05, 4.69) is 10.3 Å². The molecule has 15 heavy (non-hydrogen) atoms. The van der Waals surface area contributed by atoms with Gasteiger partial charge in [-0.1, -0.05) is 13.8 Å². The lowest BCUT2D eigenvalue weighted by Gasteiger charge is -2.21. The molecule has 82 valence electrons. The minimum absolute atomic E-state index is 0.162. The van der Waals surface area contributed by atoms with E-state index in [0.29, 0.717) is 0 Å². The van der Waals surface area contributed by atoms with Crippen molar-refractivity contribution in [3.63, 3.8) is 0 Å². The predicted molar refractivity (Wildman–Crippen MR) is 60.4 cm³/mol. The summed E-state index contributed by atoms with van der Waals surface area (Å²) < 4.78 is 0. The lowest BCUT2D eigenvalue weighted by atomic mass is 10.0. The Morgan fingerprint density at radius 2 is 2.20 bits per heavy atom. The molecule has 1 unspecified atom stereocenters. The van der Waals surface area contributed by atoms with Gasteiger partial charge in [-0.05, 0) is 24.5 Å². The van der Waals surface area contributed by atoms with Crippen molar-refractivity contribution in [2.45, 2.75) is 26.8 Å². The van der Waals surface area contributed by atoms with Crippen molar-refractivity contribution in [1.82, 2.24) is 4.98 Å². The zero-order valence-corrected chi connectivity index (χ0v) is 9.32. The highest BCUT2D eigenvalue weighted by Gasteiger charge is 2.19. The first kappa shape index (κ1) is 11.5. The number of nitrogens with zero attached hydrogens (tertiary/aromatic N) is 1. The van der Waals surface area contributed by atoms with Gasteiger partial charge in [0.2, 0.25) is 5.91 Å². The Morgan fingerprint density at radius 1 is 1.53 bits per heavy atom. The molecular formula is C11H17N3O. The summed E-state index contributed by atoms with van der Waals surface area (Å²) >= 11 is 0. The molecule has 1 heterocycles. The monoisotopic (exact) mass is 207 g/mol. The summed E-state index contributed by atoms with van der Waals surface area (Å²) in [7, 11) is 0. The number of aromatic nitrogens is 1. The maximum Gasteiger partial charge on any atom is 0.240 e. The maximum absolute atomic E-state index is 11.2. The molecule has 4 heteroatoms. The summed E-state index contributed by atoms with van der Waals surface area (Å²) in [5, 5.41) is 3.13. The number of hydrogen-bond acceptors (Lipinski definition) is 3. The van der Waals surface area contributed by atoms with E-state index in [0.717, 1.165) is 11.3 Å². The Kier molecular flexibility index (Phi) is 3.66. The van der Waals surface area contributed by atoms with E-state index < -0.39 is 0 Å². The maximum atomic E-state index is 11.2. The zero-order chi connectivity index (χ0) is 11.4. The van der Waals surface area contributed by atoms with Crippen LogP contribution >= 0.6 is 0 Å². The number of aryl methyl sites for hydroxylation is 1. The summed E-state index contributed by atoms with van der Waals surface area (Å²) in [5.41, 5.74) is 7.23. The molecule has 0 bridgehead atoms. The molecular weight excluding hydrogens is 190 g/mol. The highest BCUT2D eigenvalue weighted by Crippen LogP contribution is 2.15. The van der Waals surface area contributed by atoms with E-state index in [1.807, 2.05) is 26.8 Å². The van der Waals surface area contributed by atoms with Gasteiger partial charge in [0.15, 0.2) is 0 Å². The van der Waals surface area contributed by atoms with Crippen LogP contribution in [-0.2, 0) is 4.79 Å². The van der Waals surface area contributed by atoms with Crippen LogP contribution in [0, 0.1) is 12.8 Å². The van der Waals surface area contributed by atoms with Gasteiger partial charge in [-0.25, -0.2) is 0 Å². The molecule has 0 saturated carbocycles. The number of nitrogens with one attached hydrogen (secondary N) is 1. The number of carbonyl (C=O) groups is 1. The quantitative estimate of drug-likeness (QED) is 0.782. The molecule has 0 aliphatic rings. The van der Waals surface area contributed by atoms with Gasteiger partial charge < -0.3 is 11.1 Å². The lowest BCUT2D eigenvalue weighted by Crippen LogP contribution is -2.39. The zero-order valence-electron chi connectivity index (χ0n) is 9.32. The second-order valence-electron chi connectivity index (χ2n) is 3.96. The molecule has 1 aromatic rings. The third kappa shape index (κ3) is 2.94. The Labute approximate surface area is 89.9 Å². The van der Waals surface area contributed by atoms with Gasteiger partial charge in [-0.2, -0.15) is 0 Å². The number of nitrogens with two attached hydrogens (primary N) is 1.